The molecule has 74 valence electrons. The minimum absolute atomic E-state index is 0.0877. The number of rotatable bonds is 5. The molecule has 0 unspecified atom stereocenters. The van der Waals surface area contributed by atoms with Crippen LogP contribution in [0.3, 0.4) is 0 Å². The molecule has 3 N–H and O–H groups in total. The van der Waals surface area contributed by atoms with Crippen LogP contribution in [-0.4, -0.2) is 34.5 Å². The van der Waals surface area contributed by atoms with Crippen LogP contribution in [0.25, 0.3) is 0 Å². The van der Waals surface area contributed by atoms with Crippen molar-refractivity contribution in [2.45, 2.75) is 12.6 Å². The van der Waals surface area contributed by atoms with Gasteiger partial charge in [-0.05, 0) is 0 Å². The van der Waals surface area contributed by atoms with Crippen LogP contribution >= 0.6 is 22.9 Å². The zero-order valence-electron chi connectivity index (χ0n) is 6.90. The van der Waals surface area contributed by atoms with Crippen LogP contribution in [0.1, 0.15) is 5.01 Å². The Hall–Kier alpha value is -0.200. The molecule has 0 amide bonds. The van der Waals surface area contributed by atoms with Crippen molar-refractivity contribution in [1.82, 2.24) is 10.3 Å². The van der Waals surface area contributed by atoms with Gasteiger partial charge in [-0.1, -0.05) is 11.6 Å². The van der Waals surface area contributed by atoms with Crippen LogP contribution in [0, 0.1) is 0 Å². The molecule has 0 saturated heterocycles. The highest BCUT2D eigenvalue weighted by Crippen LogP contribution is 2.17. The van der Waals surface area contributed by atoms with Gasteiger partial charge in [0.05, 0.1) is 25.5 Å². The summed E-state index contributed by atoms with van der Waals surface area (Å²) in [6.07, 6.45) is 1.58. The van der Waals surface area contributed by atoms with Gasteiger partial charge in [0.2, 0.25) is 0 Å². The van der Waals surface area contributed by atoms with E-state index in [9.17, 15) is 0 Å². The first-order chi connectivity index (χ1) is 6.26. The summed E-state index contributed by atoms with van der Waals surface area (Å²) in [6, 6.07) is -0.289. The summed E-state index contributed by atoms with van der Waals surface area (Å²) in [5.74, 6) is 0. The number of nitrogens with zero attached hydrogens (tertiary/aromatic N) is 1. The van der Waals surface area contributed by atoms with E-state index in [4.69, 9.17) is 21.8 Å². The van der Waals surface area contributed by atoms with Gasteiger partial charge in [0.15, 0.2) is 0 Å². The molecule has 0 bridgehead atoms. The lowest BCUT2D eigenvalue weighted by molar-refractivity contribution is 0.170. The number of thiazole rings is 1. The second kappa shape index (κ2) is 5.51. The van der Waals surface area contributed by atoms with Gasteiger partial charge in [-0.15, -0.1) is 11.3 Å². The summed E-state index contributed by atoms with van der Waals surface area (Å²) in [7, 11) is 0. The van der Waals surface area contributed by atoms with Gasteiger partial charge in [-0.3, -0.25) is 0 Å². The fourth-order valence-corrected chi connectivity index (χ4v) is 1.70. The highest BCUT2D eigenvalue weighted by atomic mass is 35.5. The number of hydrogen-bond donors (Lipinski definition) is 3. The minimum Gasteiger partial charge on any atom is -0.395 e. The highest BCUT2D eigenvalue weighted by Gasteiger charge is 2.06. The first kappa shape index (κ1) is 10.9. The van der Waals surface area contributed by atoms with E-state index in [1.165, 1.54) is 11.3 Å². The van der Waals surface area contributed by atoms with Gasteiger partial charge < -0.3 is 15.5 Å². The Labute approximate surface area is 85.2 Å². The Kier molecular flexibility index (Phi) is 4.61. The smallest absolute Gasteiger partial charge is 0.113 e. The topological polar surface area (TPSA) is 65.4 Å². The van der Waals surface area contributed by atoms with Crippen LogP contribution < -0.4 is 5.32 Å². The van der Waals surface area contributed by atoms with E-state index >= 15 is 0 Å². The second-order valence-electron chi connectivity index (χ2n) is 2.50. The monoisotopic (exact) mass is 222 g/mol. The Balaban J connectivity index is 2.33. The molecular formula is C7H11ClN2O2S. The van der Waals surface area contributed by atoms with Crippen LogP contribution in [-0.2, 0) is 6.54 Å². The van der Waals surface area contributed by atoms with Gasteiger partial charge in [0.25, 0.3) is 0 Å². The number of nitrogens with one attached hydrogen (secondary N) is 1. The maximum absolute atomic E-state index is 8.74. The largest absolute Gasteiger partial charge is 0.395 e. The zero-order chi connectivity index (χ0) is 9.68. The molecule has 0 radical (unpaired) electrons. The summed E-state index contributed by atoms with van der Waals surface area (Å²) in [5.41, 5.74) is 0. The molecule has 0 aliphatic rings. The Morgan fingerprint density at radius 3 is 2.69 bits per heavy atom. The Morgan fingerprint density at radius 2 is 2.23 bits per heavy atom. The molecule has 1 heterocycles. The van der Waals surface area contributed by atoms with E-state index < -0.39 is 0 Å². The van der Waals surface area contributed by atoms with Crippen molar-refractivity contribution in [3.05, 3.63) is 15.5 Å². The van der Waals surface area contributed by atoms with Crippen LogP contribution in [0.5, 0.6) is 0 Å². The molecule has 1 aromatic heterocycles. The van der Waals surface area contributed by atoms with Gasteiger partial charge in [0, 0.05) is 6.54 Å². The van der Waals surface area contributed by atoms with Crippen molar-refractivity contribution in [2.75, 3.05) is 13.2 Å². The third-order valence-corrected chi connectivity index (χ3v) is 2.62. The van der Waals surface area contributed by atoms with Crippen molar-refractivity contribution >= 4 is 22.9 Å². The van der Waals surface area contributed by atoms with E-state index in [0.717, 1.165) is 5.01 Å². The standard InChI is InChI=1S/C7H11ClN2O2S/c8-6-1-10-7(13-6)2-9-5(3-11)4-12/h1,5,9,11-12H,2-4H2. The molecule has 0 spiro atoms. The van der Waals surface area contributed by atoms with Gasteiger partial charge in [-0.2, -0.15) is 0 Å². The SMILES string of the molecule is OCC(CO)NCc1ncc(Cl)s1. The first-order valence-electron chi connectivity index (χ1n) is 3.81. The number of aliphatic hydroxyl groups excluding tert-OH is 2. The van der Waals surface area contributed by atoms with E-state index in [2.05, 4.69) is 10.3 Å². The maximum Gasteiger partial charge on any atom is 0.113 e. The first-order valence-corrected chi connectivity index (χ1v) is 5.01. The van der Waals surface area contributed by atoms with Crippen LogP contribution in [0.15, 0.2) is 6.20 Å². The molecule has 0 saturated carbocycles. The van der Waals surface area contributed by atoms with E-state index in [-0.39, 0.29) is 19.3 Å². The summed E-state index contributed by atoms with van der Waals surface area (Å²) < 4.78 is 0.640. The normalized spacial score (nSPS) is 11.1. The summed E-state index contributed by atoms with van der Waals surface area (Å²) in [6.45, 7) is 0.342. The molecule has 4 nitrogen and oxygen atoms in total. The van der Waals surface area contributed by atoms with Crippen molar-refractivity contribution in [1.29, 1.82) is 0 Å². The second-order valence-corrected chi connectivity index (χ2v) is 4.25. The highest BCUT2D eigenvalue weighted by molar-refractivity contribution is 7.15. The lowest BCUT2D eigenvalue weighted by atomic mass is 10.3. The number of aromatic nitrogens is 1. The third kappa shape index (κ3) is 3.58. The molecule has 1 aromatic rings. The van der Waals surface area contributed by atoms with Gasteiger partial charge in [-0.25, -0.2) is 4.98 Å². The summed E-state index contributed by atoms with van der Waals surface area (Å²) in [4.78, 5) is 4.02. The van der Waals surface area contributed by atoms with Crippen molar-refractivity contribution in [3.63, 3.8) is 0 Å². The van der Waals surface area contributed by atoms with Crippen LogP contribution in [0.4, 0.5) is 0 Å². The maximum atomic E-state index is 8.74. The zero-order valence-corrected chi connectivity index (χ0v) is 8.48. The fraction of sp³-hybridized carbons (Fsp3) is 0.571. The summed E-state index contributed by atoms with van der Waals surface area (Å²) in [5, 5.41) is 21.3. The van der Waals surface area contributed by atoms with Gasteiger partial charge >= 0.3 is 0 Å². The van der Waals surface area contributed by atoms with E-state index in [0.29, 0.717) is 10.9 Å². The number of halogens is 1. The molecule has 0 fully saturated rings. The average molecular weight is 223 g/mol. The quantitative estimate of drug-likeness (QED) is 0.668. The Bertz CT molecular complexity index is 252. The van der Waals surface area contributed by atoms with Crippen molar-refractivity contribution < 1.29 is 10.2 Å². The van der Waals surface area contributed by atoms with Crippen LogP contribution in [0.2, 0.25) is 4.34 Å². The molecule has 0 atom stereocenters. The predicted octanol–water partition coefficient (Wildman–Crippen LogP) is 0.239. The van der Waals surface area contributed by atoms with E-state index in [1.54, 1.807) is 6.20 Å². The summed E-state index contributed by atoms with van der Waals surface area (Å²) >= 11 is 7.05. The molecule has 0 aliphatic carbocycles. The Morgan fingerprint density at radius 1 is 1.54 bits per heavy atom. The molecule has 0 aliphatic heterocycles. The molecule has 1 rings (SSSR count). The number of hydrogen-bond acceptors (Lipinski definition) is 5. The number of aliphatic hydroxyl groups is 2. The lowest BCUT2D eigenvalue weighted by Crippen LogP contribution is -2.35. The molecular weight excluding hydrogens is 212 g/mol. The van der Waals surface area contributed by atoms with E-state index in [1.807, 2.05) is 0 Å². The van der Waals surface area contributed by atoms with Crippen molar-refractivity contribution in [2.24, 2.45) is 0 Å². The predicted molar refractivity (Wildman–Crippen MR) is 51.9 cm³/mol. The average Bonchev–Trinajstić information content (AvgIpc) is 2.53. The lowest BCUT2D eigenvalue weighted by Gasteiger charge is -2.11. The van der Waals surface area contributed by atoms with Crippen molar-refractivity contribution in [3.8, 4) is 0 Å². The molecule has 6 heteroatoms. The molecule has 13 heavy (non-hydrogen) atoms. The minimum atomic E-state index is -0.289. The molecule has 0 aromatic carbocycles. The fourth-order valence-electron chi connectivity index (χ4n) is 0.788. The van der Waals surface area contributed by atoms with Gasteiger partial charge in [0.1, 0.15) is 9.34 Å². The third-order valence-electron chi connectivity index (χ3n) is 1.51.